The van der Waals surface area contributed by atoms with Gasteiger partial charge in [-0.1, -0.05) is 46.3 Å². The lowest BCUT2D eigenvalue weighted by molar-refractivity contribution is -0.122. The molecule has 3 aromatic carbocycles. The third kappa shape index (κ3) is 3.64. The summed E-state index contributed by atoms with van der Waals surface area (Å²) >= 11 is 3.31. The molecule has 3 nitrogen and oxygen atoms in total. The normalized spacial score (nSPS) is 17.7. The van der Waals surface area contributed by atoms with E-state index in [4.69, 9.17) is 0 Å². The van der Waals surface area contributed by atoms with Gasteiger partial charge in [0, 0.05) is 28.2 Å². The zero-order chi connectivity index (χ0) is 19.7. The molecule has 0 bridgehead atoms. The lowest BCUT2D eigenvalue weighted by atomic mass is 9.87. The van der Waals surface area contributed by atoms with Crippen molar-refractivity contribution in [2.45, 2.75) is 18.5 Å². The Morgan fingerprint density at radius 3 is 2.61 bits per heavy atom. The van der Waals surface area contributed by atoms with E-state index in [9.17, 15) is 13.6 Å². The average molecular weight is 443 g/mol. The predicted octanol–water partition coefficient (Wildman–Crippen LogP) is 4.97. The highest BCUT2D eigenvalue weighted by atomic mass is 79.9. The molecule has 0 radical (unpaired) electrons. The number of carbonyl (C=O) groups is 1. The van der Waals surface area contributed by atoms with Crippen LogP contribution in [0, 0.1) is 11.6 Å². The number of nitrogens with one attached hydrogen (secondary N) is 2. The first-order valence-electron chi connectivity index (χ1n) is 8.85. The van der Waals surface area contributed by atoms with Crippen LogP contribution in [0.2, 0.25) is 0 Å². The van der Waals surface area contributed by atoms with Gasteiger partial charge in [-0.2, -0.15) is 0 Å². The van der Waals surface area contributed by atoms with Gasteiger partial charge in [0.1, 0.15) is 17.7 Å². The minimum absolute atomic E-state index is 0.0640. The third-order valence-corrected chi connectivity index (χ3v) is 5.39. The lowest BCUT2D eigenvalue weighted by Crippen LogP contribution is -2.40. The number of rotatable bonds is 4. The number of hydrogen-bond acceptors (Lipinski definition) is 2. The predicted molar refractivity (Wildman–Crippen MR) is 108 cm³/mol. The second-order valence-corrected chi connectivity index (χ2v) is 7.61. The minimum atomic E-state index is -0.616. The third-order valence-electron chi connectivity index (χ3n) is 4.90. The molecule has 142 valence electrons. The maximum atomic E-state index is 14.0. The largest absolute Gasteiger partial charge is 0.373 e. The average Bonchev–Trinajstić information content (AvgIpc) is 3.07. The summed E-state index contributed by atoms with van der Waals surface area (Å²) in [5.41, 5.74) is 2.76. The summed E-state index contributed by atoms with van der Waals surface area (Å²) in [5.74, 6) is -1.34. The molecule has 3 aromatic rings. The van der Waals surface area contributed by atoms with Gasteiger partial charge in [-0.3, -0.25) is 4.79 Å². The fourth-order valence-corrected chi connectivity index (χ4v) is 3.98. The van der Waals surface area contributed by atoms with Crippen molar-refractivity contribution >= 4 is 27.5 Å². The molecule has 2 unspecified atom stereocenters. The van der Waals surface area contributed by atoms with Crippen molar-refractivity contribution in [3.63, 3.8) is 0 Å². The van der Waals surface area contributed by atoms with E-state index in [1.807, 2.05) is 30.3 Å². The number of carbonyl (C=O) groups excluding carboxylic acids is 1. The minimum Gasteiger partial charge on any atom is -0.373 e. The van der Waals surface area contributed by atoms with Crippen LogP contribution in [0.3, 0.4) is 0 Å². The van der Waals surface area contributed by atoms with Crippen LogP contribution in [0.1, 0.15) is 22.6 Å². The molecular formula is C22H17BrF2N2O. The Balaban J connectivity index is 1.60. The van der Waals surface area contributed by atoms with Crippen LogP contribution in [0.25, 0.3) is 0 Å². The van der Waals surface area contributed by atoms with E-state index in [0.717, 1.165) is 21.3 Å². The zero-order valence-electron chi connectivity index (χ0n) is 14.8. The van der Waals surface area contributed by atoms with Gasteiger partial charge in [0.2, 0.25) is 5.91 Å². The van der Waals surface area contributed by atoms with Crippen LogP contribution in [0.15, 0.2) is 71.2 Å². The molecular weight excluding hydrogens is 426 g/mol. The number of hydrogen-bond donors (Lipinski definition) is 2. The smallest absolute Gasteiger partial charge is 0.243 e. The summed E-state index contributed by atoms with van der Waals surface area (Å²) in [6.07, 6.45) is 0. The van der Waals surface area contributed by atoms with Crippen molar-refractivity contribution in [2.24, 2.45) is 0 Å². The van der Waals surface area contributed by atoms with Gasteiger partial charge < -0.3 is 10.6 Å². The highest BCUT2D eigenvalue weighted by molar-refractivity contribution is 9.10. The van der Waals surface area contributed by atoms with E-state index in [1.165, 1.54) is 18.2 Å². The number of benzene rings is 3. The Morgan fingerprint density at radius 2 is 1.82 bits per heavy atom. The number of anilines is 1. The summed E-state index contributed by atoms with van der Waals surface area (Å²) in [4.78, 5) is 13.0. The molecule has 28 heavy (non-hydrogen) atoms. The molecule has 0 aromatic heterocycles. The second kappa shape index (κ2) is 7.72. The van der Waals surface area contributed by atoms with Crippen LogP contribution in [-0.4, -0.2) is 11.9 Å². The molecule has 6 heteroatoms. The molecule has 0 saturated heterocycles. The fraction of sp³-hybridized carbons (Fsp3) is 0.136. The summed E-state index contributed by atoms with van der Waals surface area (Å²) in [6.45, 7) is 0.0640. The molecule has 0 fully saturated rings. The van der Waals surface area contributed by atoms with Crippen LogP contribution < -0.4 is 10.6 Å². The summed E-state index contributed by atoms with van der Waals surface area (Å²) in [5, 5.41) is 5.99. The first kappa shape index (κ1) is 18.6. The highest BCUT2D eigenvalue weighted by Crippen LogP contribution is 2.40. The standard InChI is InChI=1S/C22H17BrF2N2O/c23-15-6-8-18(25)14(10-15)12-26-22(28)21-20(13-4-2-1-3-5-13)17-11-16(24)7-9-19(17)27-21/h1-11,20-21,27H,12H2,(H,26,28). The number of fused-ring (bicyclic) bond motifs is 1. The fourth-order valence-electron chi connectivity index (χ4n) is 3.57. The molecule has 0 aliphatic carbocycles. The van der Waals surface area contributed by atoms with Gasteiger partial charge in [0.25, 0.3) is 0 Å². The van der Waals surface area contributed by atoms with E-state index >= 15 is 0 Å². The van der Waals surface area contributed by atoms with E-state index in [1.54, 1.807) is 18.2 Å². The van der Waals surface area contributed by atoms with Crippen molar-refractivity contribution in [3.8, 4) is 0 Å². The summed E-state index contributed by atoms with van der Waals surface area (Å²) in [7, 11) is 0. The maximum Gasteiger partial charge on any atom is 0.243 e. The van der Waals surface area contributed by atoms with Gasteiger partial charge in [-0.25, -0.2) is 8.78 Å². The summed E-state index contributed by atoms with van der Waals surface area (Å²) in [6, 6.07) is 17.9. The first-order valence-corrected chi connectivity index (χ1v) is 9.65. The molecule has 2 atom stereocenters. The topological polar surface area (TPSA) is 41.1 Å². The summed E-state index contributed by atoms with van der Waals surface area (Å²) < 4.78 is 28.6. The van der Waals surface area contributed by atoms with Crippen LogP contribution >= 0.6 is 15.9 Å². The van der Waals surface area contributed by atoms with Crippen molar-refractivity contribution in [2.75, 3.05) is 5.32 Å². The van der Waals surface area contributed by atoms with Crippen molar-refractivity contribution in [3.05, 3.63) is 99.5 Å². The van der Waals surface area contributed by atoms with E-state index in [2.05, 4.69) is 26.6 Å². The molecule has 1 amide bonds. The van der Waals surface area contributed by atoms with E-state index in [0.29, 0.717) is 5.56 Å². The van der Waals surface area contributed by atoms with Crippen LogP contribution in [0.4, 0.5) is 14.5 Å². The van der Waals surface area contributed by atoms with Gasteiger partial charge in [0.05, 0.1) is 0 Å². The zero-order valence-corrected chi connectivity index (χ0v) is 16.3. The Labute approximate surface area is 169 Å². The number of halogens is 3. The molecule has 2 N–H and O–H groups in total. The highest BCUT2D eigenvalue weighted by Gasteiger charge is 2.38. The molecule has 0 spiro atoms. The second-order valence-electron chi connectivity index (χ2n) is 6.70. The Morgan fingerprint density at radius 1 is 1.04 bits per heavy atom. The molecule has 1 heterocycles. The molecule has 0 saturated carbocycles. The quantitative estimate of drug-likeness (QED) is 0.598. The van der Waals surface area contributed by atoms with Crippen molar-refractivity contribution < 1.29 is 13.6 Å². The lowest BCUT2D eigenvalue weighted by Gasteiger charge is -2.20. The molecule has 1 aliphatic heterocycles. The van der Waals surface area contributed by atoms with Crippen molar-refractivity contribution in [1.82, 2.24) is 5.32 Å². The number of amides is 1. The van der Waals surface area contributed by atoms with E-state index < -0.39 is 6.04 Å². The molecule has 1 aliphatic rings. The van der Waals surface area contributed by atoms with Gasteiger partial charge in [0.15, 0.2) is 0 Å². The maximum absolute atomic E-state index is 14.0. The van der Waals surface area contributed by atoms with Gasteiger partial charge in [-0.05, 0) is 47.5 Å². The van der Waals surface area contributed by atoms with Gasteiger partial charge in [-0.15, -0.1) is 0 Å². The molecule has 4 rings (SSSR count). The SMILES string of the molecule is O=C(NCc1cc(Br)ccc1F)C1Nc2ccc(F)cc2C1c1ccccc1. The van der Waals surface area contributed by atoms with Crippen molar-refractivity contribution in [1.29, 1.82) is 0 Å². The van der Waals surface area contributed by atoms with Crippen LogP contribution in [-0.2, 0) is 11.3 Å². The van der Waals surface area contributed by atoms with Gasteiger partial charge >= 0.3 is 0 Å². The first-order chi connectivity index (χ1) is 13.5. The Hall–Kier alpha value is -2.73. The Bertz CT molecular complexity index is 1030. The monoisotopic (exact) mass is 442 g/mol. The Kier molecular flexibility index (Phi) is 5.13. The van der Waals surface area contributed by atoms with E-state index in [-0.39, 0.29) is 30.0 Å². The van der Waals surface area contributed by atoms with Crippen LogP contribution in [0.5, 0.6) is 0 Å².